The van der Waals surface area contributed by atoms with E-state index in [0.29, 0.717) is 6.04 Å². The van der Waals surface area contributed by atoms with Crippen LogP contribution >= 0.6 is 0 Å². The van der Waals surface area contributed by atoms with Crippen LogP contribution in [0.2, 0.25) is 0 Å². The fraction of sp³-hybridized carbons (Fsp3) is 0.600. The van der Waals surface area contributed by atoms with Gasteiger partial charge in [0.25, 0.3) is 0 Å². The zero-order valence-corrected chi connectivity index (χ0v) is 13.6. The van der Waals surface area contributed by atoms with E-state index < -0.39 is 0 Å². The first-order valence-corrected chi connectivity index (χ1v) is 7.72. The molecule has 8 nitrogen and oxygen atoms in total. The van der Waals surface area contributed by atoms with Crippen LogP contribution in [0.15, 0.2) is 24.3 Å². The van der Waals surface area contributed by atoms with Gasteiger partial charge in [-0.15, -0.1) is 0 Å². The molecule has 1 aromatic rings. The van der Waals surface area contributed by atoms with Gasteiger partial charge in [-0.2, -0.15) is 4.89 Å². The number of benzene rings is 1. The van der Waals surface area contributed by atoms with E-state index in [1.165, 1.54) is 38.6 Å². The summed E-state index contributed by atoms with van der Waals surface area (Å²) in [6, 6.07) is 8.54. The van der Waals surface area contributed by atoms with E-state index >= 15 is 0 Å². The fourth-order valence-corrected chi connectivity index (χ4v) is 2.62. The lowest BCUT2D eigenvalue weighted by Gasteiger charge is -2.23. The SMILES string of the molecule is CNC(CN1CCCC1)c1ccc(NCOOOOOC)cc1. The standard InChI is InChI=1S/C15H25N3O5/c1-16-15(11-18-9-3-4-10-18)13-5-7-14(8-6-13)17-12-20-22-23-21-19-2/h5-8,15-17H,3-4,9-12H2,1-2H3. The smallest absolute Gasteiger partial charge is 0.155 e. The second kappa shape index (κ2) is 10.5. The van der Waals surface area contributed by atoms with Crippen molar-refractivity contribution in [3.63, 3.8) is 0 Å². The first-order valence-electron chi connectivity index (χ1n) is 7.72. The van der Waals surface area contributed by atoms with E-state index in [0.717, 1.165) is 12.2 Å². The van der Waals surface area contributed by atoms with Crippen molar-refractivity contribution >= 4 is 5.69 Å². The van der Waals surface area contributed by atoms with Crippen LogP contribution in [0.5, 0.6) is 0 Å². The highest BCUT2D eigenvalue weighted by atomic mass is 17.8. The molecule has 130 valence electrons. The van der Waals surface area contributed by atoms with Crippen molar-refractivity contribution in [3.05, 3.63) is 29.8 Å². The fourth-order valence-electron chi connectivity index (χ4n) is 2.62. The van der Waals surface area contributed by atoms with Gasteiger partial charge in [0.1, 0.15) is 0 Å². The van der Waals surface area contributed by atoms with Crippen molar-refractivity contribution in [1.82, 2.24) is 10.2 Å². The summed E-state index contributed by atoms with van der Waals surface area (Å²) in [4.78, 5) is 11.3. The highest BCUT2D eigenvalue weighted by Gasteiger charge is 2.17. The quantitative estimate of drug-likeness (QED) is 0.276. The van der Waals surface area contributed by atoms with Gasteiger partial charge in [-0.25, -0.2) is 4.89 Å². The summed E-state index contributed by atoms with van der Waals surface area (Å²) in [5.41, 5.74) is 2.18. The summed E-state index contributed by atoms with van der Waals surface area (Å²) in [6.07, 6.45) is 2.61. The zero-order chi connectivity index (χ0) is 16.3. The summed E-state index contributed by atoms with van der Waals surface area (Å²) in [5, 5.41) is 18.7. The molecule has 0 spiro atoms. The summed E-state index contributed by atoms with van der Waals surface area (Å²) < 4.78 is 0. The molecule has 1 atom stereocenters. The average molecular weight is 327 g/mol. The van der Waals surface area contributed by atoms with Crippen LogP contribution in [-0.4, -0.2) is 45.4 Å². The third-order valence-electron chi connectivity index (χ3n) is 3.81. The Bertz CT molecular complexity index is 426. The summed E-state index contributed by atoms with van der Waals surface area (Å²) in [6.45, 7) is 3.54. The Balaban J connectivity index is 1.73. The molecular formula is C15H25N3O5. The number of hydrogen-bond acceptors (Lipinski definition) is 8. The third-order valence-corrected chi connectivity index (χ3v) is 3.81. The summed E-state index contributed by atoms with van der Waals surface area (Å²) in [7, 11) is 3.28. The van der Waals surface area contributed by atoms with E-state index in [-0.39, 0.29) is 6.73 Å². The highest BCUT2D eigenvalue weighted by Crippen LogP contribution is 2.19. The lowest BCUT2D eigenvalue weighted by molar-refractivity contribution is -0.704. The normalized spacial score (nSPS) is 16.6. The Labute approximate surface area is 136 Å². The van der Waals surface area contributed by atoms with Gasteiger partial charge in [0.15, 0.2) is 6.73 Å². The van der Waals surface area contributed by atoms with Crippen LogP contribution < -0.4 is 10.6 Å². The number of nitrogens with zero attached hydrogens (tertiary/aromatic N) is 1. The van der Waals surface area contributed by atoms with Crippen LogP contribution in [0.3, 0.4) is 0 Å². The number of likely N-dealkylation sites (tertiary alicyclic amines) is 1. The molecule has 23 heavy (non-hydrogen) atoms. The van der Waals surface area contributed by atoms with Gasteiger partial charge < -0.3 is 15.5 Å². The highest BCUT2D eigenvalue weighted by molar-refractivity contribution is 5.44. The minimum Gasteiger partial charge on any atom is -0.360 e. The van der Waals surface area contributed by atoms with Crippen molar-refractivity contribution in [2.45, 2.75) is 18.9 Å². The van der Waals surface area contributed by atoms with Crippen molar-refractivity contribution in [3.8, 4) is 0 Å². The van der Waals surface area contributed by atoms with Crippen LogP contribution in [0.4, 0.5) is 5.69 Å². The third kappa shape index (κ3) is 6.40. The van der Waals surface area contributed by atoms with E-state index in [2.05, 4.69) is 52.6 Å². The maximum atomic E-state index is 4.67. The lowest BCUT2D eigenvalue weighted by Crippen LogP contribution is -2.31. The molecule has 1 saturated heterocycles. The van der Waals surface area contributed by atoms with E-state index in [1.54, 1.807) is 0 Å². The van der Waals surface area contributed by atoms with Gasteiger partial charge in [-0.3, -0.25) is 0 Å². The van der Waals surface area contributed by atoms with Gasteiger partial charge in [0.2, 0.25) is 0 Å². The molecule has 0 bridgehead atoms. The number of hydrogen-bond donors (Lipinski definition) is 2. The van der Waals surface area contributed by atoms with E-state index in [9.17, 15) is 0 Å². The number of rotatable bonds is 11. The molecule has 2 rings (SSSR count). The van der Waals surface area contributed by atoms with Crippen molar-refractivity contribution in [2.24, 2.45) is 0 Å². The van der Waals surface area contributed by atoms with E-state index in [4.69, 9.17) is 0 Å². The Morgan fingerprint density at radius 1 is 1.09 bits per heavy atom. The Morgan fingerprint density at radius 2 is 1.83 bits per heavy atom. The molecule has 0 saturated carbocycles. The minimum absolute atomic E-state index is 0.107. The molecule has 1 aliphatic rings. The van der Waals surface area contributed by atoms with Crippen molar-refractivity contribution in [2.75, 3.05) is 45.8 Å². The van der Waals surface area contributed by atoms with Gasteiger partial charge >= 0.3 is 0 Å². The maximum absolute atomic E-state index is 4.67. The molecule has 1 aromatic carbocycles. The number of likely N-dealkylation sites (N-methyl/N-ethyl adjacent to an activating group) is 1. The number of anilines is 1. The van der Waals surface area contributed by atoms with Crippen molar-refractivity contribution < 1.29 is 24.9 Å². The van der Waals surface area contributed by atoms with Crippen LogP contribution in [0.1, 0.15) is 24.4 Å². The monoisotopic (exact) mass is 327 g/mol. The summed E-state index contributed by atoms with van der Waals surface area (Å²) in [5.74, 6) is 0. The van der Waals surface area contributed by atoms with Gasteiger partial charge in [0, 0.05) is 18.3 Å². The van der Waals surface area contributed by atoms with Crippen LogP contribution in [0, 0.1) is 0 Å². The Morgan fingerprint density at radius 3 is 2.48 bits per heavy atom. The Kier molecular flexibility index (Phi) is 8.26. The molecule has 0 amide bonds. The van der Waals surface area contributed by atoms with Gasteiger partial charge in [-0.05, 0) is 65.8 Å². The van der Waals surface area contributed by atoms with Crippen LogP contribution in [0.25, 0.3) is 0 Å². The molecule has 1 unspecified atom stereocenters. The second-order valence-electron chi connectivity index (χ2n) is 5.28. The molecule has 0 aliphatic carbocycles. The average Bonchev–Trinajstić information content (AvgIpc) is 3.10. The first-order chi connectivity index (χ1) is 11.3. The lowest BCUT2D eigenvalue weighted by atomic mass is 10.1. The molecule has 0 radical (unpaired) electrons. The topological polar surface area (TPSA) is 73.5 Å². The molecule has 1 aliphatic heterocycles. The molecule has 1 heterocycles. The maximum Gasteiger partial charge on any atom is 0.155 e. The first kappa shape index (κ1) is 18.1. The molecule has 8 heteroatoms. The minimum atomic E-state index is 0.107. The molecule has 0 aromatic heterocycles. The van der Waals surface area contributed by atoms with Gasteiger partial charge in [0.05, 0.1) is 7.11 Å². The molecule has 2 N–H and O–H groups in total. The molecular weight excluding hydrogens is 302 g/mol. The van der Waals surface area contributed by atoms with Crippen molar-refractivity contribution in [1.29, 1.82) is 0 Å². The van der Waals surface area contributed by atoms with E-state index in [1.807, 2.05) is 19.2 Å². The van der Waals surface area contributed by atoms with Gasteiger partial charge in [-0.1, -0.05) is 12.1 Å². The predicted octanol–water partition coefficient (Wildman–Crippen LogP) is 1.79. The van der Waals surface area contributed by atoms with Crippen LogP contribution in [-0.2, 0) is 24.9 Å². The summed E-state index contributed by atoms with van der Waals surface area (Å²) >= 11 is 0. The zero-order valence-electron chi connectivity index (χ0n) is 13.6. The number of nitrogens with one attached hydrogen (secondary N) is 2. The largest absolute Gasteiger partial charge is 0.360 e. The molecule has 1 fully saturated rings. The second-order valence-corrected chi connectivity index (χ2v) is 5.28. The predicted molar refractivity (Wildman–Crippen MR) is 83.8 cm³/mol. The Hall–Kier alpha value is -1.26.